The van der Waals surface area contributed by atoms with Gasteiger partial charge in [0.1, 0.15) is 5.76 Å². The predicted molar refractivity (Wildman–Crippen MR) is 102 cm³/mol. The zero-order valence-electron chi connectivity index (χ0n) is 15.9. The standard InChI is InChI=1S/C17H21N9O2/c1-11-9-12(23-28-11)10-24(2)6-7-25(3)16-20-15(18)26-17(21-16)19-14(22-26)13-5-4-8-27-13/h4-5,8-9H,6-7,10H2,1-3H3,(H2,18,19,20,21,22). The van der Waals surface area contributed by atoms with E-state index in [4.69, 9.17) is 14.7 Å². The molecule has 0 spiro atoms. The lowest BCUT2D eigenvalue weighted by atomic mass is 10.3. The molecule has 2 N–H and O–H groups in total. The highest BCUT2D eigenvalue weighted by Gasteiger charge is 2.16. The molecular formula is C17H21N9O2. The number of aryl methyl sites for hydroxylation is 1. The van der Waals surface area contributed by atoms with E-state index in [2.05, 4.69) is 30.1 Å². The first-order chi connectivity index (χ1) is 13.5. The maximum Gasteiger partial charge on any atom is 0.259 e. The van der Waals surface area contributed by atoms with Gasteiger partial charge in [0.25, 0.3) is 5.78 Å². The zero-order valence-corrected chi connectivity index (χ0v) is 15.9. The highest BCUT2D eigenvalue weighted by Crippen LogP contribution is 2.18. The Kier molecular flexibility index (Phi) is 4.65. The Hall–Kier alpha value is -3.47. The second-order valence-corrected chi connectivity index (χ2v) is 6.59. The van der Waals surface area contributed by atoms with Crippen LogP contribution in [-0.2, 0) is 6.54 Å². The van der Waals surface area contributed by atoms with E-state index in [0.717, 1.165) is 18.0 Å². The molecule has 0 unspecified atom stereocenters. The van der Waals surface area contributed by atoms with Crippen LogP contribution in [0.15, 0.2) is 33.4 Å². The fraction of sp³-hybridized carbons (Fsp3) is 0.353. The number of hydrogen-bond acceptors (Lipinski definition) is 10. The maximum absolute atomic E-state index is 6.04. The molecule has 4 rings (SSSR count). The van der Waals surface area contributed by atoms with Gasteiger partial charge in [-0.05, 0) is 26.1 Å². The van der Waals surface area contributed by atoms with Gasteiger partial charge in [0.05, 0.1) is 12.0 Å². The van der Waals surface area contributed by atoms with Crippen LogP contribution < -0.4 is 10.6 Å². The van der Waals surface area contributed by atoms with Crippen LogP contribution in [0.25, 0.3) is 17.4 Å². The largest absolute Gasteiger partial charge is 0.461 e. The molecule has 4 heterocycles. The molecule has 0 fully saturated rings. The highest BCUT2D eigenvalue weighted by molar-refractivity contribution is 5.52. The van der Waals surface area contributed by atoms with Crippen LogP contribution in [-0.4, -0.2) is 61.8 Å². The van der Waals surface area contributed by atoms with Crippen molar-refractivity contribution in [1.29, 1.82) is 0 Å². The second-order valence-electron chi connectivity index (χ2n) is 6.59. The Morgan fingerprint density at radius 3 is 2.75 bits per heavy atom. The molecular weight excluding hydrogens is 362 g/mol. The summed E-state index contributed by atoms with van der Waals surface area (Å²) in [5.74, 6) is 2.82. The van der Waals surface area contributed by atoms with E-state index in [1.54, 1.807) is 18.4 Å². The van der Waals surface area contributed by atoms with Gasteiger partial charge in [-0.15, -0.1) is 5.10 Å². The molecule has 0 aliphatic heterocycles. The second kappa shape index (κ2) is 7.27. The fourth-order valence-electron chi connectivity index (χ4n) is 2.74. The third kappa shape index (κ3) is 3.64. The maximum atomic E-state index is 6.04. The Balaban J connectivity index is 1.45. The number of aromatic nitrogens is 6. The molecule has 0 aromatic carbocycles. The molecule has 11 nitrogen and oxygen atoms in total. The van der Waals surface area contributed by atoms with Gasteiger partial charge in [0.2, 0.25) is 17.7 Å². The van der Waals surface area contributed by atoms with E-state index in [9.17, 15) is 0 Å². The number of likely N-dealkylation sites (N-methyl/N-ethyl adjacent to an activating group) is 2. The minimum atomic E-state index is 0.212. The lowest BCUT2D eigenvalue weighted by Gasteiger charge is -2.21. The molecule has 0 radical (unpaired) electrons. The van der Waals surface area contributed by atoms with Crippen molar-refractivity contribution in [1.82, 2.24) is 34.6 Å². The summed E-state index contributed by atoms with van der Waals surface area (Å²) in [7, 11) is 3.92. The lowest BCUT2D eigenvalue weighted by Crippen LogP contribution is -2.31. The van der Waals surface area contributed by atoms with Crippen molar-refractivity contribution in [3.05, 3.63) is 35.9 Å². The predicted octanol–water partition coefficient (Wildman–Crippen LogP) is 1.23. The summed E-state index contributed by atoms with van der Waals surface area (Å²) in [5, 5.41) is 8.31. The van der Waals surface area contributed by atoms with Gasteiger partial charge in [0.15, 0.2) is 5.76 Å². The summed E-state index contributed by atoms with van der Waals surface area (Å²) >= 11 is 0. The van der Waals surface area contributed by atoms with Crippen LogP contribution in [0.3, 0.4) is 0 Å². The minimum absolute atomic E-state index is 0.212. The summed E-state index contributed by atoms with van der Waals surface area (Å²) in [4.78, 5) is 17.2. The van der Waals surface area contributed by atoms with Gasteiger partial charge in [-0.2, -0.15) is 19.5 Å². The van der Waals surface area contributed by atoms with Crippen molar-refractivity contribution in [2.24, 2.45) is 0 Å². The van der Waals surface area contributed by atoms with Crippen molar-refractivity contribution in [2.45, 2.75) is 13.5 Å². The molecule has 0 bridgehead atoms. The van der Waals surface area contributed by atoms with Gasteiger partial charge in [-0.1, -0.05) is 5.16 Å². The van der Waals surface area contributed by atoms with Gasteiger partial charge >= 0.3 is 0 Å². The van der Waals surface area contributed by atoms with Crippen LogP contribution in [0.5, 0.6) is 0 Å². The van der Waals surface area contributed by atoms with Crippen molar-refractivity contribution in [3.8, 4) is 11.6 Å². The monoisotopic (exact) mass is 383 g/mol. The molecule has 4 aromatic heterocycles. The van der Waals surface area contributed by atoms with Gasteiger partial charge < -0.3 is 19.6 Å². The van der Waals surface area contributed by atoms with E-state index in [1.165, 1.54) is 4.52 Å². The quantitative estimate of drug-likeness (QED) is 0.497. The number of nitrogens with two attached hydrogens (primary N) is 1. The molecule has 146 valence electrons. The van der Waals surface area contributed by atoms with Crippen LogP contribution in [0.2, 0.25) is 0 Å². The first kappa shape index (κ1) is 17.9. The average molecular weight is 383 g/mol. The van der Waals surface area contributed by atoms with Crippen LogP contribution in [0, 0.1) is 6.92 Å². The first-order valence-electron chi connectivity index (χ1n) is 8.75. The molecule has 0 atom stereocenters. The number of anilines is 2. The smallest absolute Gasteiger partial charge is 0.259 e. The van der Waals surface area contributed by atoms with E-state index in [1.807, 2.05) is 32.0 Å². The van der Waals surface area contributed by atoms with Crippen LogP contribution in [0.1, 0.15) is 11.5 Å². The SMILES string of the molecule is Cc1cc(CN(C)CCN(C)c2nc(N)n3nc(-c4ccco4)nc3n2)no1. The summed E-state index contributed by atoms with van der Waals surface area (Å²) in [6, 6.07) is 5.48. The first-order valence-corrected chi connectivity index (χ1v) is 8.75. The molecule has 0 saturated carbocycles. The third-order valence-corrected chi connectivity index (χ3v) is 4.23. The fourth-order valence-corrected chi connectivity index (χ4v) is 2.74. The number of fused-ring (bicyclic) bond motifs is 1. The van der Waals surface area contributed by atoms with E-state index in [0.29, 0.717) is 36.4 Å². The molecule has 0 aliphatic rings. The summed E-state index contributed by atoms with van der Waals surface area (Å²) in [6.45, 7) is 4.05. The molecule has 11 heteroatoms. The molecule has 4 aromatic rings. The summed E-state index contributed by atoms with van der Waals surface area (Å²) in [6.07, 6.45) is 1.56. The Morgan fingerprint density at radius 2 is 2.04 bits per heavy atom. The van der Waals surface area contributed by atoms with Gasteiger partial charge in [-0.25, -0.2) is 0 Å². The number of hydrogen-bond donors (Lipinski definition) is 1. The average Bonchev–Trinajstić information content (AvgIpc) is 3.39. The Labute approximate surface area is 160 Å². The summed E-state index contributed by atoms with van der Waals surface area (Å²) < 4.78 is 11.8. The topological polar surface area (TPSA) is 128 Å². The molecule has 0 amide bonds. The van der Waals surface area contributed by atoms with Gasteiger partial charge in [-0.3, -0.25) is 4.90 Å². The van der Waals surface area contributed by atoms with E-state index >= 15 is 0 Å². The lowest BCUT2D eigenvalue weighted by molar-refractivity contribution is 0.314. The number of nitrogen functional groups attached to an aromatic ring is 1. The third-order valence-electron chi connectivity index (χ3n) is 4.23. The van der Waals surface area contributed by atoms with Gasteiger partial charge in [0, 0.05) is 32.7 Å². The van der Waals surface area contributed by atoms with Crippen LogP contribution >= 0.6 is 0 Å². The Bertz CT molecular complexity index is 1070. The number of nitrogens with zero attached hydrogens (tertiary/aromatic N) is 8. The number of rotatable bonds is 7. The Morgan fingerprint density at radius 1 is 1.18 bits per heavy atom. The number of furan rings is 1. The van der Waals surface area contributed by atoms with Crippen molar-refractivity contribution in [2.75, 3.05) is 37.8 Å². The van der Waals surface area contributed by atoms with Crippen molar-refractivity contribution >= 4 is 17.7 Å². The zero-order chi connectivity index (χ0) is 19.7. The molecule has 0 saturated heterocycles. The van der Waals surface area contributed by atoms with Crippen molar-refractivity contribution in [3.63, 3.8) is 0 Å². The molecule has 28 heavy (non-hydrogen) atoms. The van der Waals surface area contributed by atoms with E-state index in [-0.39, 0.29) is 5.95 Å². The van der Waals surface area contributed by atoms with Crippen LogP contribution in [0.4, 0.5) is 11.9 Å². The highest BCUT2D eigenvalue weighted by atomic mass is 16.5. The molecule has 0 aliphatic carbocycles. The summed E-state index contributed by atoms with van der Waals surface area (Å²) in [5.41, 5.74) is 6.95. The minimum Gasteiger partial charge on any atom is -0.461 e. The van der Waals surface area contributed by atoms with E-state index < -0.39 is 0 Å². The normalized spacial score (nSPS) is 11.6. The van der Waals surface area contributed by atoms with Crippen molar-refractivity contribution < 1.29 is 8.94 Å².